The second kappa shape index (κ2) is 10.1. The Morgan fingerprint density at radius 2 is 1.58 bits per heavy atom. The molecule has 2 unspecified atom stereocenters. The first kappa shape index (κ1) is 23.7. The van der Waals surface area contributed by atoms with Crippen molar-refractivity contribution in [3.63, 3.8) is 0 Å². The number of aliphatic hydroxyl groups is 1. The molecule has 0 saturated heterocycles. The maximum absolute atomic E-state index is 11.3. The number of phenols is 2. The Morgan fingerprint density at radius 3 is 2.21 bits per heavy atom. The van der Waals surface area contributed by atoms with Crippen LogP contribution in [-0.2, 0) is 0 Å². The van der Waals surface area contributed by atoms with Crippen molar-refractivity contribution in [2.45, 2.75) is 18.9 Å². The van der Waals surface area contributed by atoms with E-state index in [2.05, 4.69) is 0 Å². The highest BCUT2D eigenvalue weighted by Crippen LogP contribution is 2.40. The van der Waals surface area contributed by atoms with Gasteiger partial charge in [0.1, 0.15) is 11.9 Å². The summed E-state index contributed by atoms with van der Waals surface area (Å²) in [6, 6.07) is 14.0. The summed E-state index contributed by atoms with van der Waals surface area (Å²) < 4.78 is 16.6. The summed E-state index contributed by atoms with van der Waals surface area (Å²) in [5.74, 6) is -1.20. The molecule has 0 heterocycles. The first-order chi connectivity index (χ1) is 15.8. The van der Waals surface area contributed by atoms with Crippen LogP contribution in [0, 0.1) is 6.92 Å². The van der Waals surface area contributed by atoms with Gasteiger partial charge in [-0.3, -0.25) is 0 Å². The minimum Gasteiger partial charge on any atom is -0.508 e. The number of carbonyl (C=O) groups is 1. The van der Waals surface area contributed by atoms with E-state index in [1.807, 2.05) is 6.92 Å². The molecule has 33 heavy (non-hydrogen) atoms. The molecule has 0 aliphatic heterocycles. The van der Waals surface area contributed by atoms with E-state index < -0.39 is 24.6 Å². The predicted octanol–water partition coefficient (Wildman–Crippen LogP) is 3.69. The number of aliphatic hydroxyl groups excluding tert-OH is 1. The van der Waals surface area contributed by atoms with E-state index >= 15 is 0 Å². The first-order valence-corrected chi connectivity index (χ1v) is 10.1. The Morgan fingerprint density at radius 1 is 0.879 bits per heavy atom. The van der Waals surface area contributed by atoms with Gasteiger partial charge in [0.25, 0.3) is 0 Å². The van der Waals surface area contributed by atoms with Crippen LogP contribution in [0.15, 0.2) is 54.6 Å². The van der Waals surface area contributed by atoms with Gasteiger partial charge in [-0.1, -0.05) is 23.8 Å². The number of carboxylic acids is 1. The highest BCUT2D eigenvalue weighted by molar-refractivity contribution is 5.88. The van der Waals surface area contributed by atoms with Gasteiger partial charge in [-0.15, -0.1) is 0 Å². The molecule has 0 bridgehead atoms. The highest BCUT2D eigenvalue weighted by atomic mass is 16.5. The Labute approximate surface area is 191 Å². The minimum atomic E-state index is -1.11. The maximum Gasteiger partial charge on any atom is 0.335 e. The molecule has 2 atom stereocenters. The second-order valence-electron chi connectivity index (χ2n) is 7.48. The summed E-state index contributed by atoms with van der Waals surface area (Å²) in [7, 11) is 2.81. The quantitative estimate of drug-likeness (QED) is 0.386. The van der Waals surface area contributed by atoms with Gasteiger partial charge in [-0.05, 0) is 48.9 Å². The average molecular weight is 454 g/mol. The number of aromatic carboxylic acids is 1. The largest absolute Gasteiger partial charge is 0.508 e. The van der Waals surface area contributed by atoms with Crippen LogP contribution in [0.4, 0.5) is 0 Å². The molecule has 0 radical (unpaired) electrons. The number of rotatable bonds is 9. The van der Waals surface area contributed by atoms with Crippen LogP contribution in [0.1, 0.15) is 33.0 Å². The summed E-state index contributed by atoms with van der Waals surface area (Å²) in [6.07, 6.45) is -0.906. The Hall–Kier alpha value is -3.91. The highest BCUT2D eigenvalue weighted by Gasteiger charge is 2.30. The number of benzene rings is 3. The summed E-state index contributed by atoms with van der Waals surface area (Å²) in [4.78, 5) is 11.3. The van der Waals surface area contributed by atoms with Crippen LogP contribution < -0.4 is 14.2 Å². The molecule has 4 N–H and O–H groups in total. The zero-order valence-corrected chi connectivity index (χ0v) is 18.5. The molecule has 0 aromatic heterocycles. The molecule has 8 nitrogen and oxygen atoms in total. The molecule has 3 aromatic carbocycles. The number of phenolic OH excluding ortho intramolecular Hbond substituents is 2. The Bertz CT molecular complexity index is 1140. The third kappa shape index (κ3) is 5.12. The van der Waals surface area contributed by atoms with Crippen molar-refractivity contribution in [2.24, 2.45) is 0 Å². The SMILES string of the molecule is COc1cc(C(c2cc(C)ccc2O)C(CO)Oc2ccc(C(=O)O)cc2OC)ccc1O. The van der Waals surface area contributed by atoms with E-state index in [1.54, 1.807) is 30.3 Å². The van der Waals surface area contributed by atoms with Crippen molar-refractivity contribution < 1.29 is 39.4 Å². The number of hydrogen-bond acceptors (Lipinski definition) is 7. The van der Waals surface area contributed by atoms with Gasteiger partial charge in [-0.25, -0.2) is 4.79 Å². The second-order valence-corrected chi connectivity index (χ2v) is 7.48. The van der Waals surface area contributed by atoms with Gasteiger partial charge in [0.15, 0.2) is 23.0 Å². The lowest BCUT2D eigenvalue weighted by atomic mass is 9.85. The van der Waals surface area contributed by atoms with Crippen molar-refractivity contribution in [3.8, 4) is 28.7 Å². The molecular formula is C25H26O8. The fourth-order valence-corrected chi connectivity index (χ4v) is 3.68. The van der Waals surface area contributed by atoms with Crippen molar-refractivity contribution in [3.05, 3.63) is 76.9 Å². The number of carboxylic acid groups (broad SMARTS) is 1. The van der Waals surface area contributed by atoms with Crippen LogP contribution >= 0.6 is 0 Å². The lowest BCUT2D eigenvalue weighted by molar-refractivity contribution is 0.0695. The van der Waals surface area contributed by atoms with Crippen LogP contribution in [-0.4, -0.2) is 53.3 Å². The molecule has 174 valence electrons. The third-order valence-corrected chi connectivity index (χ3v) is 5.32. The first-order valence-electron chi connectivity index (χ1n) is 10.1. The molecular weight excluding hydrogens is 428 g/mol. The lowest BCUT2D eigenvalue weighted by Gasteiger charge is -2.29. The molecule has 0 fully saturated rings. The van der Waals surface area contributed by atoms with E-state index in [0.717, 1.165) is 5.56 Å². The molecule has 0 amide bonds. The zero-order valence-electron chi connectivity index (χ0n) is 18.5. The predicted molar refractivity (Wildman–Crippen MR) is 121 cm³/mol. The number of aromatic hydroxyl groups is 2. The van der Waals surface area contributed by atoms with Gasteiger partial charge in [0, 0.05) is 5.56 Å². The van der Waals surface area contributed by atoms with E-state index in [-0.39, 0.29) is 34.3 Å². The molecule has 0 spiro atoms. The number of ether oxygens (including phenoxy) is 3. The summed E-state index contributed by atoms with van der Waals surface area (Å²) in [5.41, 5.74) is 2.03. The van der Waals surface area contributed by atoms with E-state index in [0.29, 0.717) is 11.1 Å². The van der Waals surface area contributed by atoms with Gasteiger partial charge >= 0.3 is 5.97 Å². The lowest BCUT2D eigenvalue weighted by Crippen LogP contribution is -2.30. The van der Waals surface area contributed by atoms with Crippen LogP contribution in [0.3, 0.4) is 0 Å². The van der Waals surface area contributed by atoms with Crippen molar-refractivity contribution in [1.82, 2.24) is 0 Å². The Balaban J connectivity index is 2.13. The standard InChI is InChI=1S/C25H26O8/c1-14-4-7-18(27)17(10-14)24(15-5-8-19(28)21(11-15)31-2)23(13-26)33-20-9-6-16(25(29)30)12-22(20)32-3/h4-12,23-24,26-28H,13H2,1-3H3,(H,29,30). The van der Waals surface area contributed by atoms with Crippen LogP contribution in [0.2, 0.25) is 0 Å². The Kier molecular flexibility index (Phi) is 7.30. The topological polar surface area (TPSA) is 126 Å². The van der Waals surface area contributed by atoms with Crippen LogP contribution in [0.5, 0.6) is 28.7 Å². The van der Waals surface area contributed by atoms with Crippen molar-refractivity contribution in [1.29, 1.82) is 0 Å². The van der Waals surface area contributed by atoms with E-state index in [4.69, 9.17) is 14.2 Å². The van der Waals surface area contributed by atoms with Gasteiger partial charge in [0.2, 0.25) is 0 Å². The molecule has 0 aliphatic carbocycles. The molecule has 3 rings (SSSR count). The molecule has 3 aromatic rings. The fraction of sp³-hybridized carbons (Fsp3) is 0.240. The van der Waals surface area contributed by atoms with Gasteiger partial charge in [0.05, 0.1) is 32.3 Å². The summed E-state index contributed by atoms with van der Waals surface area (Å²) in [6.45, 7) is 1.44. The smallest absolute Gasteiger partial charge is 0.335 e. The van der Waals surface area contributed by atoms with Crippen molar-refractivity contribution >= 4 is 5.97 Å². The zero-order chi connectivity index (χ0) is 24.1. The normalized spacial score (nSPS) is 12.6. The summed E-state index contributed by atoms with van der Waals surface area (Å²) >= 11 is 0. The van der Waals surface area contributed by atoms with E-state index in [1.165, 1.54) is 38.5 Å². The maximum atomic E-state index is 11.3. The number of aryl methyl sites for hydroxylation is 1. The van der Waals surface area contributed by atoms with Crippen LogP contribution in [0.25, 0.3) is 0 Å². The molecule has 0 saturated carbocycles. The number of methoxy groups -OCH3 is 2. The average Bonchev–Trinajstić information content (AvgIpc) is 2.81. The molecule has 0 aliphatic rings. The number of hydrogen-bond donors (Lipinski definition) is 4. The van der Waals surface area contributed by atoms with Gasteiger partial charge < -0.3 is 34.6 Å². The minimum absolute atomic E-state index is 0.00730. The molecule has 8 heteroatoms. The fourth-order valence-electron chi connectivity index (χ4n) is 3.68. The monoisotopic (exact) mass is 454 g/mol. The third-order valence-electron chi connectivity index (χ3n) is 5.32. The van der Waals surface area contributed by atoms with Crippen molar-refractivity contribution in [2.75, 3.05) is 20.8 Å². The van der Waals surface area contributed by atoms with E-state index in [9.17, 15) is 25.2 Å². The summed E-state index contributed by atoms with van der Waals surface area (Å²) in [5, 5.41) is 40.2. The van der Waals surface area contributed by atoms with Gasteiger partial charge in [-0.2, -0.15) is 0 Å².